The van der Waals surface area contributed by atoms with Crippen molar-refractivity contribution < 1.29 is 9.53 Å². The Labute approximate surface area is 147 Å². The maximum absolute atomic E-state index is 12.0. The van der Waals surface area contributed by atoms with Gasteiger partial charge in [-0.15, -0.1) is 12.4 Å². The van der Waals surface area contributed by atoms with Crippen LogP contribution in [0.3, 0.4) is 0 Å². The summed E-state index contributed by atoms with van der Waals surface area (Å²) in [6.45, 7) is 0.760. The molecule has 1 aromatic rings. The van der Waals surface area contributed by atoms with Crippen LogP contribution in [0.4, 0.5) is 0 Å². The van der Waals surface area contributed by atoms with E-state index in [-0.39, 0.29) is 36.9 Å². The number of carbonyl (C=O) groups is 1. The summed E-state index contributed by atoms with van der Waals surface area (Å²) in [5.41, 5.74) is 5.58. The highest BCUT2D eigenvalue weighted by Crippen LogP contribution is 2.29. The Hall–Kier alpha value is -0.680. The number of nitrogens with two attached hydrogens (primary N) is 1. The van der Waals surface area contributed by atoms with E-state index < -0.39 is 0 Å². The zero-order valence-electron chi connectivity index (χ0n) is 12.2. The van der Waals surface area contributed by atoms with Crippen LogP contribution >= 0.6 is 35.6 Å². The number of hydrogen-bond donors (Lipinski definition) is 2. The number of ether oxygens (including phenoxy) is 1. The fourth-order valence-electron chi connectivity index (χ4n) is 2.64. The van der Waals surface area contributed by atoms with E-state index in [9.17, 15) is 4.79 Å². The van der Waals surface area contributed by atoms with Gasteiger partial charge in [0, 0.05) is 11.6 Å². The SMILES string of the molecule is Cl.NCC1(NC(=O)CCOc2ccc(Cl)cc2Cl)CCCC1. The van der Waals surface area contributed by atoms with Gasteiger partial charge in [0.1, 0.15) is 5.75 Å². The summed E-state index contributed by atoms with van der Waals surface area (Å²) in [6.07, 6.45) is 4.43. The van der Waals surface area contributed by atoms with E-state index in [1.807, 2.05) is 0 Å². The Morgan fingerprint density at radius 1 is 1.32 bits per heavy atom. The summed E-state index contributed by atoms with van der Waals surface area (Å²) >= 11 is 11.8. The first-order valence-corrected chi connectivity index (χ1v) is 7.89. The normalized spacial score (nSPS) is 16.0. The summed E-state index contributed by atoms with van der Waals surface area (Å²) in [5.74, 6) is 0.496. The fourth-order valence-corrected chi connectivity index (χ4v) is 3.10. The van der Waals surface area contributed by atoms with Crippen LogP contribution in [0.1, 0.15) is 32.1 Å². The first-order chi connectivity index (χ1) is 10.0. The minimum absolute atomic E-state index is 0. The molecule has 0 bridgehead atoms. The van der Waals surface area contributed by atoms with Gasteiger partial charge < -0.3 is 15.8 Å². The number of nitrogens with one attached hydrogen (secondary N) is 1. The highest BCUT2D eigenvalue weighted by Gasteiger charge is 2.33. The molecule has 124 valence electrons. The molecule has 1 amide bonds. The molecule has 3 N–H and O–H groups in total. The van der Waals surface area contributed by atoms with E-state index in [0.29, 0.717) is 22.3 Å². The lowest BCUT2D eigenvalue weighted by molar-refractivity contribution is -0.123. The number of benzene rings is 1. The molecule has 0 spiro atoms. The lowest BCUT2D eigenvalue weighted by Gasteiger charge is -2.28. The van der Waals surface area contributed by atoms with Crippen molar-refractivity contribution in [2.75, 3.05) is 13.2 Å². The Balaban J connectivity index is 0.00000242. The molecule has 1 saturated carbocycles. The second kappa shape index (κ2) is 8.82. The molecule has 1 aromatic carbocycles. The zero-order valence-corrected chi connectivity index (χ0v) is 14.6. The van der Waals surface area contributed by atoms with Gasteiger partial charge >= 0.3 is 0 Å². The molecule has 0 heterocycles. The average molecular weight is 368 g/mol. The van der Waals surface area contributed by atoms with Crippen LogP contribution in [0.2, 0.25) is 10.0 Å². The molecule has 0 aromatic heterocycles. The van der Waals surface area contributed by atoms with Gasteiger partial charge in [0.2, 0.25) is 5.91 Å². The summed E-state index contributed by atoms with van der Waals surface area (Å²) in [5, 5.41) is 4.05. The summed E-state index contributed by atoms with van der Waals surface area (Å²) in [7, 11) is 0. The van der Waals surface area contributed by atoms with Crippen molar-refractivity contribution in [1.82, 2.24) is 5.32 Å². The molecule has 0 radical (unpaired) electrons. The van der Waals surface area contributed by atoms with E-state index in [2.05, 4.69) is 5.32 Å². The summed E-state index contributed by atoms with van der Waals surface area (Å²) in [4.78, 5) is 12.0. The van der Waals surface area contributed by atoms with E-state index in [1.54, 1.807) is 18.2 Å². The van der Waals surface area contributed by atoms with Crippen molar-refractivity contribution in [2.24, 2.45) is 5.73 Å². The van der Waals surface area contributed by atoms with Crippen LogP contribution in [0.15, 0.2) is 18.2 Å². The Morgan fingerprint density at radius 2 is 2.00 bits per heavy atom. The van der Waals surface area contributed by atoms with Crippen molar-refractivity contribution in [1.29, 1.82) is 0 Å². The molecule has 0 saturated heterocycles. The third kappa shape index (κ3) is 5.20. The Bertz CT molecular complexity index is 506. The van der Waals surface area contributed by atoms with Crippen molar-refractivity contribution in [2.45, 2.75) is 37.6 Å². The van der Waals surface area contributed by atoms with E-state index >= 15 is 0 Å². The monoisotopic (exact) mass is 366 g/mol. The number of amides is 1. The number of halogens is 3. The fraction of sp³-hybridized carbons (Fsp3) is 0.533. The predicted molar refractivity (Wildman–Crippen MR) is 92.2 cm³/mol. The lowest BCUT2D eigenvalue weighted by atomic mass is 9.98. The van der Waals surface area contributed by atoms with E-state index in [4.69, 9.17) is 33.7 Å². The van der Waals surface area contributed by atoms with Crippen LogP contribution < -0.4 is 15.8 Å². The predicted octanol–water partition coefficient (Wildman–Crippen LogP) is 3.57. The second-order valence-corrected chi connectivity index (χ2v) is 6.26. The molecule has 22 heavy (non-hydrogen) atoms. The zero-order chi connectivity index (χ0) is 15.3. The Morgan fingerprint density at radius 3 is 2.59 bits per heavy atom. The topological polar surface area (TPSA) is 64.3 Å². The Kier molecular flexibility index (Phi) is 7.77. The molecule has 2 rings (SSSR count). The van der Waals surface area contributed by atoms with Crippen LogP contribution in [0.5, 0.6) is 5.75 Å². The molecule has 0 aliphatic heterocycles. The van der Waals surface area contributed by atoms with Gasteiger partial charge in [-0.3, -0.25) is 4.79 Å². The van der Waals surface area contributed by atoms with Crippen LogP contribution in [0, 0.1) is 0 Å². The van der Waals surface area contributed by atoms with Gasteiger partial charge in [-0.2, -0.15) is 0 Å². The van der Waals surface area contributed by atoms with Gasteiger partial charge in [0.25, 0.3) is 0 Å². The van der Waals surface area contributed by atoms with Crippen molar-refractivity contribution in [3.05, 3.63) is 28.2 Å². The smallest absolute Gasteiger partial charge is 0.223 e. The molecule has 4 nitrogen and oxygen atoms in total. The molecule has 1 aliphatic carbocycles. The molecule has 1 fully saturated rings. The highest BCUT2D eigenvalue weighted by molar-refractivity contribution is 6.35. The van der Waals surface area contributed by atoms with Gasteiger partial charge in [-0.1, -0.05) is 36.0 Å². The minimum atomic E-state index is -0.213. The molecule has 0 atom stereocenters. The lowest BCUT2D eigenvalue weighted by Crippen LogP contribution is -2.51. The summed E-state index contributed by atoms with van der Waals surface area (Å²) < 4.78 is 5.51. The first kappa shape index (κ1) is 19.4. The average Bonchev–Trinajstić information content (AvgIpc) is 2.90. The third-order valence-corrected chi connectivity index (χ3v) is 4.37. The standard InChI is InChI=1S/C15H20Cl2N2O2.ClH/c16-11-3-4-13(12(17)9-11)21-8-5-14(20)19-15(10-18)6-1-2-7-15;/h3-4,9H,1-2,5-8,10,18H2,(H,19,20);1H. The molecular weight excluding hydrogens is 347 g/mol. The van der Waals surface area contributed by atoms with Gasteiger partial charge in [-0.25, -0.2) is 0 Å². The van der Waals surface area contributed by atoms with Crippen LogP contribution in [-0.2, 0) is 4.79 Å². The molecule has 0 unspecified atom stereocenters. The number of hydrogen-bond acceptors (Lipinski definition) is 3. The number of rotatable bonds is 6. The first-order valence-electron chi connectivity index (χ1n) is 7.14. The van der Waals surface area contributed by atoms with Crippen molar-refractivity contribution in [3.8, 4) is 5.75 Å². The maximum Gasteiger partial charge on any atom is 0.223 e. The summed E-state index contributed by atoms with van der Waals surface area (Å²) in [6, 6.07) is 5.01. The van der Waals surface area contributed by atoms with Crippen molar-refractivity contribution >= 4 is 41.5 Å². The molecule has 1 aliphatic rings. The van der Waals surface area contributed by atoms with Gasteiger partial charge in [-0.05, 0) is 31.0 Å². The van der Waals surface area contributed by atoms with Gasteiger partial charge in [0.05, 0.1) is 23.6 Å². The van der Waals surface area contributed by atoms with Crippen molar-refractivity contribution in [3.63, 3.8) is 0 Å². The molecular formula is C15H21Cl3N2O2. The largest absolute Gasteiger partial charge is 0.491 e. The van der Waals surface area contributed by atoms with E-state index in [0.717, 1.165) is 25.7 Å². The molecule has 7 heteroatoms. The minimum Gasteiger partial charge on any atom is -0.491 e. The highest BCUT2D eigenvalue weighted by atomic mass is 35.5. The second-order valence-electron chi connectivity index (χ2n) is 5.41. The van der Waals surface area contributed by atoms with Crippen LogP contribution in [-0.4, -0.2) is 24.6 Å². The third-order valence-electron chi connectivity index (χ3n) is 3.84. The van der Waals surface area contributed by atoms with Crippen LogP contribution in [0.25, 0.3) is 0 Å². The number of carbonyl (C=O) groups excluding carboxylic acids is 1. The van der Waals surface area contributed by atoms with Gasteiger partial charge in [0.15, 0.2) is 0 Å². The maximum atomic E-state index is 12.0. The quantitative estimate of drug-likeness (QED) is 0.808. The van der Waals surface area contributed by atoms with E-state index in [1.165, 1.54) is 0 Å².